The summed E-state index contributed by atoms with van der Waals surface area (Å²) in [4.78, 5) is 20.9. The monoisotopic (exact) mass is 286 g/mol. The largest absolute Gasteiger partial charge is 0.481 e. The van der Waals surface area contributed by atoms with Gasteiger partial charge in [-0.1, -0.05) is 53.9 Å². The first-order chi connectivity index (χ1) is 9.07. The summed E-state index contributed by atoms with van der Waals surface area (Å²) in [5.74, 6) is -1.30. The molecule has 0 aliphatic heterocycles. The Balaban J connectivity index is 0.000000370. The Morgan fingerprint density at radius 3 is 1.65 bits per heavy atom. The van der Waals surface area contributed by atoms with E-state index in [-0.39, 0.29) is 17.3 Å². The molecule has 1 fully saturated rings. The summed E-state index contributed by atoms with van der Waals surface area (Å²) in [6.07, 6.45) is 5.98. The van der Waals surface area contributed by atoms with E-state index < -0.39 is 11.9 Å². The SMILES string of the molecule is CC(C(=O)O)C1CCCCC1.C[C@H](C(=O)O)C(C)(C)C. The lowest BCUT2D eigenvalue weighted by Crippen LogP contribution is -2.25. The third kappa shape index (κ3) is 6.92. The molecule has 0 aromatic heterocycles. The molecule has 0 saturated heterocycles. The van der Waals surface area contributed by atoms with E-state index in [1.54, 1.807) is 6.92 Å². The highest BCUT2D eigenvalue weighted by molar-refractivity contribution is 5.70. The highest BCUT2D eigenvalue weighted by atomic mass is 16.4. The summed E-state index contributed by atoms with van der Waals surface area (Å²) in [5.41, 5.74) is -0.119. The molecule has 1 rings (SSSR count). The van der Waals surface area contributed by atoms with Crippen molar-refractivity contribution < 1.29 is 19.8 Å². The Bertz CT molecular complexity index is 311. The topological polar surface area (TPSA) is 74.6 Å². The summed E-state index contributed by atoms with van der Waals surface area (Å²) >= 11 is 0. The van der Waals surface area contributed by atoms with Crippen LogP contribution in [0.3, 0.4) is 0 Å². The number of aliphatic carboxylic acids is 2. The van der Waals surface area contributed by atoms with Crippen LogP contribution in [0.4, 0.5) is 0 Å². The summed E-state index contributed by atoms with van der Waals surface area (Å²) in [6, 6.07) is 0. The lowest BCUT2D eigenvalue weighted by atomic mass is 9.81. The molecule has 0 heterocycles. The van der Waals surface area contributed by atoms with E-state index in [2.05, 4.69) is 0 Å². The fourth-order valence-corrected chi connectivity index (χ4v) is 2.21. The zero-order valence-electron chi connectivity index (χ0n) is 13.5. The van der Waals surface area contributed by atoms with Gasteiger partial charge in [-0.05, 0) is 24.2 Å². The van der Waals surface area contributed by atoms with Crippen LogP contribution in [0, 0.1) is 23.2 Å². The molecule has 1 unspecified atom stereocenters. The molecule has 2 atom stereocenters. The van der Waals surface area contributed by atoms with Crippen LogP contribution >= 0.6 is 0 Å². The minimum atomic E-state index is -0.720. The highest BCUT2D eigenvalue weighted by Crippen LogP contribution is 2.29. The minimum absolute atomic E-state index is 0.119. The summed E-state index contributed by atoms with van der Waals surface area (Å²) in [5, 5.41) is 17.3. The zero-order valence-corrected chi connectivity index (χ0v) is 13.5. The average Bonchev–Trinajstić information content (AvgIpc) is 2.37. The molecule has 0 spiro atoms. The number of rotatable bonds is 3. The minimum Gasteiger partial charge on any atom is -0.481 e. The Hall–Kier alpha value is -1.06. The lowest BCUT2D eigenvalue weighted by molar-refractivity contribution is -0.145. The van der Waals surface area contributed by atoms with Crippen molar-refractivity contribution in [3.63, 3.8) is 0 Å². The molecule has 4 nitrogen and oxygen atoms in total. The molecule has 0 aromatic carbocycles. The first-order valence-corrected chi connectivity index (χ1v) is 7.53. The summed E-state index contributed by atoms with van der Waals surface area (Å²) in [7, 11) is 0. The van der Waals surface area contributed by atoms with Gasteiger partial charge in [0.1, 0.15) is 0 Å². The van der Waals surface area contributed by atoms with Crippen LogP contribution in [-0.2, 0) is 9.59 Å². The first kappa shape index (κ1) is 18.9. The van der Waals surface area contributed by atoms with Crippen LogP contribution in [0.25, 0.3) is 0 Å². The first-order valence-electron chi connectivity index (χ1n) is 7.53. The van der Waals surface area contributed by atoms with Gasteiger partial charge in [-0.3, -0.25) is 9.59 Å². The smallest absolute Gasteiger partial charge is 0.306 e. The number of carboxylic acids is 2. The quantitative estimate of drug-likeness (QED) is 0.821. The van der Waals surface area contributed by atoms with Crippen molar-refractivity contribution in [1.29, 1.82) is 0 Å². The fraction of sp³-hybridized carbons (Fsp3) is 0.875. The molecule has 1 aliphatic rings. The van der Waals surface area contributed by atoms with Crippen LogP contribution in [0.15, 0.2) is 0 Å². The average molecular weight is 286 g/mol. The second-order valence-electron chi connectivity index (χ2n) is 6.95. The van der Waals surface area contributed by atoms with Gasteiger partial charge < -0.3 is 10.2 Å². The number of carboxylic acid groups (broad SMARTS) is 2. The second kappa shape index (κ2) is 8.28. The van der Waals surface area contributed by atoms with Gasteiger partial charge in [0, 0.05) is 0 Å². The van der Waals surface area contributed by atoms with Gasteiger partial charge in [0.2, 0.25) is 0 Å². The van der Waals surface area contributed by atoms with Crippen LogP contribution in [0.2, 0.25) is 0 Å². The third-order valence-corrected chi connectivity index (χ3v) is 4.42. The molecule has 0 radical (unpaired) electrons. The van der Waals surface area contributed by atoms with Crippen LogP contribution in [0.5, 0.6) is 0 Å². The van der Waals surface area contributed by atoms with Gasteiger partial charge in [0.15, 0.2) is 0 Å². The van der Waals surface area contributed by atoms with Gasteiger partial charge in [-0.25, -0.2) is 0 Å². The van der Waals surface area contributed by atoms with E-state index >= 15 is 0 Å². The van der Waals surface area contributed by atoms with Crippen LogP contribution < -0.4 is 0 Å². The van der Waals surface area contributed by atoms with Crippen molar-refractivity contribution in [2.24, 2.45) is 23.2 Å². The Morgan fingerprint density at radius 1 is 0.950 bits per heavy atom. The maximum absolute atomic E-state index is 10.6. The van der Waals surface area contributed by atoms with E-state index in [9.17, 15) is 9.59 Å². The molecule has 0 amide bonds. The molecule has 1 saturated carbocycles. The van der Waals surface area contributed by atoms with E-state index in [1.807, 2.05) is 27.7 Å². The van der Waals surface area contributed by atoms with Gasteiger partial charge in [-0.15, -0.1) is 0 Å². The maximum atomic E-state index is 10.6. The van der Waals surface area contributed by atoms with Crippen molar-refractivity contribution in [2.75, 3.05) is 0 Å². The van der Waals surface area contributed by atoms with E-state index in [0.29, 0.717) is 5.92 Å². The zero-order chi connectivity index (χ0) is 15.9. The Labute approximate surface area is 122 Å². The molecule has 118 valence electrons. The van der Waals surface area contributed by atoms with Gasteiger partial charge in [0.05, 0.1) is 11.8 Å². The lowest BCUT2D eigenvalue weighted by Gasteiger charge is -2.24. The van der Waals surface area contributed by atoms with Crippen molar-refractivity contribution in [3.05, 3.63) is 0 Å². The van der Waals surface area contributed by atoms with Crippen LogP contribution in [-0.4, -0.2) is 22.2 Å². The molecule has 0 aromatic rings. The van der Waals surface area contributed by atoms with Gasteiger partial charge >= 0.3 is 11.9 Å². The van der Waals surface area contributed by atoms with E-state index in [0.717, 1.165) is 12.8 Å². The van der Waals surface area contributed by atoms with E-state index in [4.69, 9.17) is 10.2 Å². The molecular formula is C16H30O4. The number of hydrogen-bond donors (Lipinski definition) is 2. The molecule has 20 heavy (non-hydrogen) atoms. The predicted octanol–water partition coefficient (Wildman–Crippen LogP) is 4.04. The Morgan fingerprint density at radius 2 is 1.40 bits per heavy atom. The third-order valence-electron chi connectivity index (χ3n) is 4.42. The van der Waals surface area contributed by atoms with Crippen molar-refractivity contribution in [3.8, 4) is 0 Å². The van der Waals surface area contributed by atoms with Gasteiger partial charge in [-0.2, -0.15) is 0 Å². The summed E-state index contributed by atoms with van der Waals surface area (Å²) in [6.45, 7) is 9.32. The molecular weight excluding hydrogens is 256 g/mol. The highest BCUT2D eigenvalue weighted by Gasteiger charge is 2.26. The molecule has 2 N–H and O–H groups in total. The second-order valence-corrected chi connectivity index (χ2v) is 6.95. The fourth-order valence-electron chi connectivity index (χ4n) is 2.21. The standard InChI is InChI=1S/C9H16O2.C7H14O2/c1-7(9(10)11)8-5-3-2-4-6-8;1-5(6(8)9)7(2,3)4/h7-8H,2-6H2,1H3,(H,10,11);5H,1-4H3,(H,8,9)/t;5-/m.1/s1. The Kier molecular flexibility index (Phi) is 7.84. The maximum Gasteiger partial charge on any atom is 0.306 e. The normalized spacial score (nSPS) is 19.4. The molecule has 1 aliphatic carbocycles. The number of carbonyl (C=O) groups is 2. The summed E-state index contributed by atoms with van der Waals surface area (Å²) < 4.78 is 0. The van der Waals surface area contributed by atoms with Crippen molar-refractivity contribution in [1.82, 2.24) is 0 Å². The van der Waals surface area contributed by atoms with Crippen molar-refractivity contribution in [2.45, 2.75) is 66.7 Å². The van der Waals surface area contributed by atoms with Crippen molar-refractivity contribution >= 4 is 11.9 Å². The number of hydrogen-bond acceptors (Lipinski definition) is 2. The van der Waals surface area contributed by atoms with E-state index in [1.165, 1.54) is 19.3 Å². The van der Waals surface area contributed by atoms with Gasteiger partial charge in [0.25, 0.3) is 0 Å². The predicted molar refractivity (Wildman–Crippen MR) is 79.6 cm³/mol. The molecule has 0 bridgehead atoms. The molecule has 4 heteroatoms. The van der Waals surface area contributed by atoms with Crippen LogP contribution in [0.1, 0.15) is 66.7 Å².